The van der Waals surface area contributed by atoms with Gasteiger partial charge in [-0.3, -0.25) is 9.59 Å². The lowest BCUT2D eigenvalue weighted by Crippen LogP contribution is -2.69. The molecule has 2 atom stereocenters. The molecule has 2 N–H and O–H groups in total. The van der Waals surface area contributed by atoms with Gasteiger partial charge in [0.2, 0.25) is 11.8 Å². The average molecular weight is 505 g/mol. The molecule has 2 amide bonds. The molecule has 3 aromatic rings. The number of nitrogens with zero attached hydrogens (tertiary/aromatic N) is 3. The molecule has 8 heteroatoms. The van der Waals surface area contributed by atoms with Crippen LogP contribution in [0.4, 0.5) is 0 Å². The maximum absolute atomic E-state index is 14.1. The van der Waals surface area contributed by atoms with Crippen LogP contribution in [0.2, 0.25) is 0 Å². The molecule has 1 fully saturated rings. The third-order valence-electron chi connectivity index (χ3n) is 8.06. The van der Waals surface area contributed by atoms with Gasteiger partial charge in [0.1, 0.15) is 17.0 Å². The molecule has 5 rings (SSSR count). The maximum Gasteiger partial charge on any atom is 0.249 e. The smallest absolute Gasteiger partial charge is 0.249 e. The Hall–Kier alpha value is -3.52. The first-order valence-electron chi connectivity index (χ1n) is 13.1. The molecule has 0 saturated carbocycles. The molecule has 37 heavy (non-hydrogen) atoms. The number of H-pyrrole nitrogens is 1. The molecule has 2 aromatic carbocycles. The number of fused-ring (bicyclic) bond motifs is 4. The number of carbonyl (C=O) groups excluding carboxylic acids is 2. The van der Waals surface area contributed by atoms with Gasteiger partial charge in [-0.15, -0.1) is 0 Å². The highest BCUT2D eigenvalue weighted by Gasteiger charge is 2.55. The van der Waals surface area contributed by atoms with E-state index in [1.165, 1.54) is 0 Å². The highest BCUT2D eigenvalue weighted by molar-refractivity contribution is 6.00. The lowest BCUT2D eigenvalue weighted by molar-refractivity contribution is -0.167. The van der Waals surface area contributed by atoms with Gasteiger partial charge in [-0.25, -0.2) is 0 Å². The van der Waals surface area contributed by atoms with Crippen molar-refractivity contribution in [1.82, 2.24) is 19.7 Å². The summed E-state index contributed by atoms with van der Waals surface area (Å²) in [7, 11) is 1.64. The third kappa shape index (κ3) is 4.23. The summed E-state index contributed by atoms with van der Waals surface area (Å²) in [6.45, 7) is 9.59. The Kier molecular flexibility index (Phi) is 6.62. The van der Waals surface area contributed by atoms with Gasteiger partial charge in [-0.05, 0) is 74.4 Å². The molecule has 1 saturated heterocycles. The number of aromatic nitrogens is 1. The van der Waals surface area contributed by atoms with Crippen LogP contribution in [0.1, 0.15) is 50.1 Å². The largest absolute Gasteiger partial charge is 0.508 e. The Bertz CT molecular complexity index is 1330. The zero-order valence-corrected chi connectivity index (χ0v) is 22.1. The highest BCUT2D eigenvalue weighted by Crippen LogP contribution is 2.47. The summed E-state index contributed by atoms with van der Waals surface area (Å²) in [5.74, 6) is 0.748. The number of rotatable bonds is 8. The number of hydrogen-bond acceptors (Lipinski definition) is 5. The van der Waals surface area contributed by atoms with Crippen molar-refractivity contribution in [3.8, 4) is 11.5 Å². The number of hydrogen-bond donors (Lipinski definition) is 2. The first-order chi connectivity index (χ1) is 17.8. The van der Waals surface area contributed by atoms with Crippen LogP contribution in [-0.2, 0) is 16.0 Å². The van der Waals surface area contributed by atoms with Crippen LogP contribution in [-0.4, -0.2) is 82.0 Å². The topological polar surface area (TPSA) is 89.1 Å². The quantitative estimate of drug-likeness (QED) is 0.489. The average Bonchev–Trinajstić information content (AvgIpc) is 3.25. The van der Waals surface area contributed by atoms with E-state index < -0.39 is 11.6 Å². The zero-order chi connectivity index (χ0) is 26.3. The van der Waals surface area contributed by atoms with E-state index in [0.29, 0.717) is 13.0 Å². The first-order valence-corrected chi connectivity index (χ1v) is 13.1. The van der Waals surface area contributed by atoms with Crippen molar-refractivity contribution in [2.75, 3.05) is 39.8 Å². The van der Waals surface area contributed by atoms with Crippen LogP contribution in [0.3, 0.4) is 0 Å². The number of nitrogens with one attached hydrogen (secondary N) is 1. The SMILES string of the molecule is CCN(CC)CCCN1CC(=O)N2[C@H](c3cccc(O)c3)c3[nH]c4ccc(OC)cc4c3C[C@]2(C)C1=O. The Labute approximate surface area is 217 Å². The molecule has 2 aliphatic rings. The lowest BCUT2D eigenvalue weighted by atomic mass is 9.78. The summed E-state index contributed by atoms with van der Waals surface area (Å²) >= 11 is 0. The Morgan fingerprint density at radius 3 is 2.65 bits per heavy atom. The second kappa shape index (κ2) is 9.74. The van der Waals surface area contributed by atoms with Crippen molar-refractivity contribution in [2.24, 2.45) is 0 Å². The van der Waals surface area contributed by atoms with Gasteiger partial charge in [0.05, 0.1) is 19.7 Å². The van der Waals surface area contributed by atoms with E-state index in [4.69, 9.17) is 4.74 Å². The van der Waals surface area contributed by atoms with Gasteiger partial charge in [-0.2, -0.15) is 0 Å². The second-order valence-corrected chi connectivity index (χ2v) is 10.2. The molecule has 0 radical (unpaired) electrons. The number of piperazine rings is 1. The van der Waals surface area contributed by atoms with Gasteiger partial charge in [0.25, 0.3) is 0 Å². The van der Waals surface area contributed by atoms with Crippen molar-refractivity contribution >= 4 is 22.7 Å². The summed E-state index contributed by atoms with van der Waals surface area (Å²) in [4.78, 5) is 37.3. The number of methoxy groups -OCH3 is 1. The summed E-state index contributed by atoms with van der Waals surface area (Å²) in [6, 6.07) is 12.3. The molecule has 0 aliphatic carbocycles. The second-order valence-electron chi connectivity index (χ2n) is 10.2. The summed E-state index contributed by atoms with van der Waals surface area (Å²) in [6.07, 6.45) is 1.23. The molecule has 1 aromatic heterocycles. The van der Waals surface area contributed by atoms with Crippen molar-refractivity contribution in [3.05, 3.63) is 59.3 Å². The monoisotopic (exact) mass is 504 g/mol. The van der Waals surface area contributed by atoms with Crippen LogP contribution in [0.5, 0.6) is 11.5 Å². The van der Waals surface area contributed by atoms with E-state index in [1.54, 1.807) is 35.1 Å². The number of aromatic amines is 1. The van der Waals surface area contributed by atoms with Gasteiger partial charge < -0.3 is 29.5 Å². The molecule has 0 spiro atoms. The summed E-state index contributed by atoms with van der Waals surface area (Å²) in [5.41, 5.74) is 2.53. The molecule has 196 valence electrons. The van der Waals surface area contributed by atoms with Crippen molar-refractivity contribution < 1.29 is 19.4 Å². The zero-order valence-electron chi connectivity index (χ0n) is 22.1. The fraction of sp³-hybridized carbons (Fsp3) is 0.448. The molecule has 0 unspecified atom stereocenters. The molecular formula is C29H36N4O4. The first kappa shape index (κ1) is 25.1. The lowest BCUT2D eigenvalue weighted by Gasteiger charge is -2.53. The fourth-order valence-corrected chi connectivity index (χ4v) is 6.11. The van der Waals surface area contributed by atoms with Gasteiger partial charge in [0, 0.05) is 29.6 Å². The number of aromatic hydroxyl groups is 1. The summed E-state index contributed by atoms with van der Waals surface area (Å²) in [5, 5.41) is 11.3. The minimum Gasteiger partial charge on any atom is -0.508 e. The predicted octanol–water partition coefficient (Wildman–Crippen LogP) is 3.69. The molecule has 3 heterocycles. The highest BCUT2D eigenvalue weighted by atomic mass is 16.5. The Morgan fingerprint density at radius 2 is 1.95 bits per heavy atom. The Balaban J connectivity index is 1.59. The van der Waals surface area contributed by atoms with E-state index in [1.807, 2.05) is 31.2 Å². The third-order valence-corrected chi connectivity index (χ3v) is 8.06. The predicted molar refractivity (Wildman–Crippen MR) is 143 cm³/mol. The van der Waals surface area contributed by atoms with Gasteiger partial charge in [0.15, 0.2) is 0 Å². The number of carbonyl (C=O) groups is 2. The van der Waals surface area contributed by atoms with E-state index in [2.05, 4.69) is 23.7 Å². The van der Waals surface area contributed by atoms with Gasteiger partial charge >= 0.3 is 0 Å². The number of phenols is 1. The minimum absolute atomic E-state index is 0.0281. The molecular weight excluding hydrogens is 468 g/mol. The summed E-state index contributed by atoms with van der Waals surface area (Å²) < 4.78 is 5.49. The van der Waals surface area contributed by atoms with Crippen molar-refractivity contribution in [1.29, 1.82) is 0 Å². The molecule has 2 aliphatic heterocycles. The van der Waals surface area contributed by atoms with Gasteiger partial charge in [-0.1, -0.05) is 26.0 Å². The van der Waals surface area contributed by atoms with Crippen LogP contribution in [0, 0.1) is 0 Å². The van der Waals surface area contributed by atoms with Crippen LogP contribution < -0.4 is 4.74 Å². The maximum atomic E-state index is 14.1. The van der Waals surface area contributed by atoms with E-state index in [0.717, 1.165) is 59.5 Å². The normalized spacial score (nSPS) is 21.5. The Morgan fingerprint density at radius 1 is 1.16 bits per heavy atom. The minimum atomic E-state index is -1.05. The number of phenolic OH excluding ortho intramolecular Hbond substituents is 1. The fourth-order valence-electron chi connectivity index (χ4n) is 6.11. The van der Waals surface area contributed by atoms with E-state index in [9.17, 15) is 14.7 Å². The van der Waals surface area contributed by atoms with Crippen LogP contribution in [0.25, 0.3) is 10.9 Å². The number of ether oxygens (including phenoxy) is 1. The van der Waals surface area contributed by atoms with Crippen LogP contribution in [0.15, 0.2) is 42.5 Å². The number of benzene rings is 2. The van der Waals surface area contributed by atoms with Crippen molar-refractivity contribution in [3.63, 3.8) is 0 Å². The van der Waals surface area contributed by atoms with Crippen molar-refractivity contribution in [2.45, 2.75) is 45.2 Å². The molecule has 0 bridgehead atoms. The standard InChI is InChI=1S/C29H36N4O4/c1-5-31(6-2)13-8-14-32-18-25(35)33-27(19-9-7-10-20(34)15-19)26-23(17-29(33,3)28(32)36)22-16-21(37-4)11-12-24(22)30-26/h7,9-12,15-16,27,30,34H,5-6,8,13-14,17-18H2,1-4H3/t27-,29-/m1/s1. The number of amides is 2. The van der Waals surface area contributed by atoms with E-state index in [-0.39, 0.29) is 24.1 Å². The van der Waals surface area contributed by atoms with E-state index >= 15 is 0 Å². The molecule has 8 nitrogen and oxygen atoms in total. The van der Waals surface area contributed by atoms with Crippen LogP contribution >= 0.6 is 0 Å².